The molecule has 0 fully saturated rings. The first-order valence-corrected chi connectivity index (χ1v) is 4.16. The molecule has 0 aliphatic carbocycles. The third kappa shape index (κ3) is 1.84. The normalized spacial score (nSPS) is 9.71. The average Bonchev–Trinajstić information content (AvgIpc) is 2.16. The van der Waals surface area contributed by atoms with Crippen molar-refractivity contribution in [3.63, 3.8) is 0 Å². The van der Waals surface area contributed by atoms with E-state index in [1.165, 1.54) is 14.2 Å². The quantitative estimate of drug-likeness (QED) is 0.780. The highest BCUT2D eigenvalue weighted by Gasteiger charge is 2.11. The van der Waals surface area contributed by atoms with E-state index >= 15 is 0 Å². The molecule has 0 saturated heterocycles. The Bertz CT molecular complexity index is 340. The number of nitrogens with one attached hydrogen (secondary N) is 1. The van der Waals surface area contributed by atoms with Crippen LogP contribution in [0.1, 0.15) is 15.9 Å². The number of aryl methyl sites for hydroxylation is 1. The lowest BCUT2D eigenvalue weighted by atomic mass is 10.1. The van der Waals surface area contributed by atoms with Crippen molar-refractivity contribution in [3.8, 4) is 5.75 Å². The van der Waals surface area contributed by atoms with Gasteiger partial charge in [-0.05, 0) is 24.6 Å². The number of carbonyl (C=O) groups is 1. The summed E-state index contributed by atoms with van der Waals surface area (Å²) in [6.45, 7) is 1.69. The second-order valence-corrected chi connectivity index (χ2v) is 2.89. The van der Waals surface area contributed by atoms with Gasteiger partial charge in [0, 0.05) is 12.6 Å². The van der Waals surface area contributed by atoms with Gasteiger partial charge >= 0.3 is 0 Å². The minimum atomic E-state index is -0.522. The Balaban J connectivity index is 3.20. The van der Waals surface area contributed by atoms with E-state index in [0.29, 0.717) is 11.1 Å². The summed E-state index contributed by atoms with van der Waals surface area (Å²) in [6.07, 6.45) is 0. The van der Waals surface area contributed by atoms with Gasteiger partial charge < -0.3 is 10.1 Å². The molecule has 0 saturated carbocycles. The van der Waals surface area contributed by atoms with Gasteiger partial charge in [0.25, 0.3) is 5.91 Å². The maximum absolute atomic E-state index is 13.3. The zero-order chi connectivity index (χ0) is 10.7. The van der Waals surface area contributed by atoms with Gasteiger partial charge in [0.1, 0.15) is 0 Å². The van der Waals surface area contributed by atoms with Crippen LogP contribution in [0.25, 0.3) is 0 Å². The molecular weight excluding hydrogens is 185 g/mol. The maximum Gasteiger partial charge on any atom is 0.251 e. The lowest BCUT2D eigenvalue weighted by Crippen LogP contribution is -2.18. The van der Waals surface area contributed by atoms with Gasteiger partial charge in [-0.1, -0.05) is 0 Å². The molecule has 14 heavy (non-hydrogen) atoms. The first-order chi connectivity index (χ1) is 6.60. The van der Waals surface area contributed by atoms with Crippen molar-refractivity contribution in [3.05, 3.63) is 29.1 Å². The minimum absolute atomic E-state index is 0.178. The van der Waals surface area contributed by atoms with Crippen molar-refractivity contribution in [2.45, 2.75) is 6.92 Å². The van der Waals surface area contributed by atoms with Crippen LogP contribution in [-0.2, 0) is 0 Å². The summed E-state index contributed by atoms with van der Waals surface area (Å²) in [6, 6.07) is 2.74. The van der Waals surface area contributed by atoms with Crippen LogP contribution in [-0.4, -0.2) is 20.1 Å². The van der Waals surface area contributed by atoms with Crippen molar-refractivity contribution < 1.29 is 13.9 Å². The van der Waals surface area contributed by atoms with E-state index in [9.17, 15) is 9.18 Å². The topological polar surface area (TPSA) is 38.3 Å². The molecule has 3 nitrogen and oxygen atoms in total. The Morgan fingerprint density at radius 3 is 2.57 bits per heavy atom. The SMILES string of the molecule is CNC(=O)c1cc(C)c(OC)c(F)c1. The van der Waals surface area contributed by atoms with Gasteiger partial charge in [-0.2, -0.15) is 0 Å². The summed E-state index contributed by atoms with van der Waals surface area (Å²) in [7, 11) is 2.89. The summed E-state index contributed by atoms with van der Waals surface area (Å²) in [4.78, 5) is 11.2. The van der Waals surface area contributed by atoms with Crippen molar-refractivity contribution >= 4 is 5.91 Å². The van der Waals surface area contributed by atoms with Gasteiger partial charge in [0.15, 0.2) is 11.6 Å². The molecule has 1 amide bonds. The predicted octanol–water partition coefficient (Wildman–Crippen LogP) is 1.50. The van der Waals surface area contributed by atoms with E-state index in [1.54, 1.807) is 13.0 Å². The summed E-state index contributed by atoms with van der Waals surface area (Å²) < 4.78 is 18.1. The summed E-state index contributed by atoms with van der Waals surface area (Å²) in [5.74, 6) is -0.654. The minimum Gasteiger partial charge on any atom is -0.493 e. The molecule has 1 N–H and O–H groups in total. The molecule has 0 aromatic heterocycles. The Morgan fingerprint density at radius 1 is 1.50 bits per heavy atom. The molecule has 1 aromatic carbocycles. The van der Waals surface area contributed by atoms with E-state index in [-0.39, 0.29) is 11.7 Å². The van der Waals surface area contributed by atoms with Crippen LogP contribution in [0.15, 0.2) is 12.1 Å². The fourth-order valence-electron chi connectivity index (χ4n) is 1.26. The molecule has 0 atom stereocenters. The standard InChI is InChI=1S/C10H12FNO2/c1-6-4-7(10(13)12-2)5-8(11)9(6)14-3/h4-5H,1-3H3,(H,12,13). The molecule has 1 rings (SSSR count). The largest absolute Gasteiger partial charge is 0.493 e. The van der Waals surface area contributed by atoms with Crippen LogP contribution in [0, 0.1) is 12.7 Å². The summed E-state index contributed by atoms with van der Waals surface area (Å²) in [5, 5.41) is 2.43. The summed E-state index contributed by atoms with van der Waals surface area (Å²) in [5.41, 5.74) is 0.898. The van der Waals surface area contributed by atoms with Crippen molar-refractivity contribution in [2.24, 2.45) is 0 Å². The van der Waals surface area contributed by atoms with E-state index < -0.39 is 5.82 Å². The van der Waals surface area contributed by atoms with Crippen LogP contribution in [0.5, 0.6) is 5.75 Å². The molecular formula is C10H12FNO2. The van der Waals surface area contributed by atoms with Crippen LogP contribution in [0.4, 0.5) is 4.39 Å². The third-order valence-electron chi connectivity index (χ3n) is 1.92. The Hall–Kier alpha value is -1.58. The first kappa shape index (κ1) is 10.5. The van der Waals surface area contributed by atoms with E-state index in [0.717, 1.165) is 6.07 Å². The van der Waals surface area contributed by atoms with E-state index in [4.69, 9.17) is 4.74 Å². The molecule has 4 heteroatoms. The fourth-order valence-corrected chi connectivity index (χ4v) is 1.26. The second-order valence-electron chi connectivity index (χ2n) is 2.89. The zero-order valence-electron chi connectivity index (χ0n) is 8.35. The molecule has 0 bridgehead atoms. The molecule has 0 aliphatic heterocycles. The van der Waals surface area contributed by atoms with Crippen LogP contribution < -0.4 is 10.1 Å². The summed E-state index contributed by atoms with van der Waals surface area (Å²) >= 11 is 0. The van der Waals surface area contributed by atoms with Crippen molar-refractivity contribution in [1.82, 2.24) is 5.32 Å². The van der Waals surface area contributed by atoms with Gasteiger partial charge in [-0.25, -0.2) is 4.39 Å². The monoisotopic (exact) mass is 197 g/mol. The highest BCUT2D eigenvalue weighted by Crippen LogP contribution is 2.23. The molecule has 0 unspecified atom stereocenters. The van der Waals surface area contributed by atoms with Gasteiger partial charge in [-0.15, -0.1) is 0 Å². The van der Waals surface area contributed by atoms with Crippen LogP contribution in [0.3, 0.4) is 0 Å². The van der Waals surface area contributed by atoms with Gasteiger partial charge in [-0.3, -0.25) is 4.79 Å². The Labute approximate surface area is 81.9 Å². The second kappa shape index (κ2) is 4.09. The molecule has 0 aliphatic rings. The van der Waals surface area contributed by atoms with Crippen molar-refractivity contribution in [2.75, 3.05) is 14.2 Å². The van der Waals surface area contributed by atoms with Crippen LogP contribution in [0.2, 0.25) is 0 Å². The molecule has 76 valence electrons. The van der Waals surface area contributed by atoms with E-state index in [1.807, 2.05) is 0 Å². The number of amides is 1. The lowest BCUT2D eigenvalue weighted by Gasteiger charge is -2.07. The van der Waals surface area contributed by atoms with Crippen molar-refractivity contribution in [1.29, 1.82) is 0 Å². The van der Waals surface area contributed by atoms with E-state index in [2.05, 4.69) is 5.32 Å². The van der Waals surface area contributed by atoms with Gasteiger partial charge in [0.2, 0.25) is 0 Å². The number of carbonyl (C=O) groups excluding carboxylic acids is 1. The predicted molar refractivity (Wildman–Crippen MR) is 51.1 cm³/mol. The van der Waals surface area contributed by atoms with Crippen LogP contribution >= 0.6 is 0 Å². The number of rotatable bonds is 2. The Kier molecular flexibility index (Phi) is 3.06. The van der Waals surface area contributed by atoms with Gasteiger partial charge in [0.05, 0.1) is 7.11 Å². The number of ether oxygens (including phenoxy) is 1. The lowest BCUT2D eigenvalue weighted by molar-refractivity contribution is 0.0962. The average molecular weight is 197 g/mol. The number of halogens is 1. The Morgan fingerprint density at radius 2 is 2.14 bits per heavy atom. The highest BCUT2D eigenvalue weighted by molar-refractivity contribution is 5.94. The first-order valence-electron chi connectivity index (χ1n) is 4.16. The number of hydrogen-bond donors (Lipinski definition) is 1. The zero-order valence-corrected chi connectivity index (χ0v) is 8.35. The number of hydrogen-bond acceptors (Lipinski definition) is 2. The maximum atomic E-state index is 13.3. The number of benzene rings is 1. The third-order valence-corrected chi connectivity index (χ3v) is 1.92. The molecule has 0 heterocycles. The number of methoxy groups -OCH3 is 1. The highest BCUT2D eigenvalue weighted by atomic mass is 19.1. The smallest absolute Gasteiger partial charge is 0.251 e. The fraction of sp³-hybridized carbons (Fsp3) is 0.300. The molecule has 1 aromatic rings. The molecule has 0 spiro atoms. The molecule has 0 radical (unpaired) electrons.